The van der Waals surface area contributed by atoms with E-state index in [1.165, 1.54) is 24.0 Å². The molecule has 2 aromatic rings. The first-order valence-electron chi connectivity index (χ1n) is 9.77. The van der Waals surface area contributed by atoms with Crippen LogP contribution in [0.25, 0.3) is 0 Å². The molecule has 0 bridgehead atoms. The van der Waals surface area contributed by atoms with E-state index >= 15 is 0 Å². The Labute approximate surface area is 162 Å². The molecule has 3 rings (SSSR count). The molecule has 0 radical (unpaired) electrons. The van der Waals surface area contributed by atoms with E-state index in [4.69, 9.17) is 9.47 Å². The van der Waals surface area contributed by atoms with Crippen LogP contribution in [0.2, 0.25) is 0 Å². The van der Waals surface area contributed by atoms with Crippen LogP contribution in [0.4, 0.5) is 0 Å². The maximum Gasteiger partial charge on any atom is 0.263 e. The summed E-state index contributed by atoms with van der Waals surface area (Å²) in [7, 11) is 3.47. The number of rotatable bonds is 7. The van der Waals surface area contributed by atoms with Gasteiger partial charge in [-0.1, -0.05) is 25.1 Å². The quantitative estimate of drug-likeness (QED) is 0.728. The number of methoxy groups -OCH3 is 1. The van der Waals surface area contributed by atoms with Crippen molar-refractivity contribution in [3.63, 3.8) is 0 Å². The molecule has 1 aliphatic carbocycles. The highest BCUT2D eigenvalue weighted by Crippen LogP contribution is 2.26. The molecule has 0 aliphatic heterocycles. The first-order valence-corrected chi connectivity index (χ1v) is 9.77. The zero-order chi connectivity index (χ0) is 19.2. The highest BCUT2D eigenvalue weighted by atomic mass is 16.5. The fourth-order valence-corrected chi connectivity index (χ4v) is 3.58. The third-order valence-electron chi connectivity index (χ3n) is 5.20. The largest absolute Gasteiger partial charge is 0.497 e. The third-order valence-corrected chi connectivity index (χ3v) is 5.20. The van der Waals surface area contributed by atoms with Crippen molar-refractivity contribution >= 4 is 5.91 Å². The maximum absolute atomic E-state index is 12.9. The van der Waals surface area contributed by atoms with E-state index in [0.29, 0.717) is 13.0 Å². The highest BCUT2D eigenvalue weighted by molar-refractivity contribution is 5.81. The Hall–Kier alpha value is -2.49. The van der Waals surface area contributed by atoms with Crippen molar-refractivity contribution in [1.82, 2.24) is 4.90 Å². The number of hydrogen-bond acceptors (Lipinski definition) is 3. The second-order valence-corrected chi connectivity index (χ2v) is 7.19. The molecule has 1 amide bonds. The summed E-state index contributed by atoms with van der Waals surface area (Å²) in [5.41, 5.74) is 3.85. The molecule has 1 atom stereocenters. The number of hydrogen-bond donors (Lipinski definition) is 0. The minimum Gasteiger partial charge on any atom is -0.497 e. The highest BCUT2D eigenvalue weighted by Gasteiger charge is 2.23. The van der Waals surface area contributed by atoms with Gasteiger partial charge >= 0.3 is 0 Å². The first kappa shape index (κ1) is 19.3. The lowest BCUT2D eigenvalue weighted by atomic mass is 9.92. The molecular weight excluding hydrogens is 338 g/mol. The van der Waals surface area contributed by atoms with E-state index < -0.39 is 6.10 Å². The van der Waals surface area contributed by atoms with Gasteiger partial charge in [-0.2, -0.15) is 0 Å². The molecule has 0 fully saturated rings. The summed E-state index contributed by atoms with van der Waals surface area (Å²) in [6.07, 6.45) is 4.93. The van der Waals surface area contributed by atoms with Crippen LogP contribution in [0.1, 0.15) is 42.9 Å². The Morgan fingerprint density at radius 2 is 1.70 bits per heavy atom. The number of amides is 1. The summed E-state index contributed by atoms with van der Waals surface area (Å²) in [6, 6.07) is 14.1. The van der Waals surface area contributed by atoms with Crippen LogP contribution in [0.15, 0.2) is 42.5 Å². The molecule has 0 saturated heterocycles. The minimum atomic E-state index is -0.463. The molecule has 0 N–H and O–H groups in total. The lowest BCUT2D eigenvalue weighted by molar-refractivity contribution is -0.138. The van der Waals surface area contributed by atoms with Crippen LogP contribution >= 0.6 is 0 Å². The van der Waals surface area contributed by atoms with E-state index in [0.717, 1.165) is 29.9 Å². The Balaban J connectivity index is 1.64. The topological polar surface area (TPSA) is 38.8 Å². The van der Waals surface area contributed by atoms with Gasteiger partial charge in [-0.3, -0.25) is 4.79 Å². The number of fused-ring (bicyclic) bond motifs is 1. The third kappa shape index (κ3) is 4.82. The summed E-state index contributed by atoms with van der Waals surface area (Å²) in [6.45, 7) is 2.54. The molecular formula is C23H29NO3. The molecule has 0 aromatic heterocycles. The SMILES string of the molecule is CC[C@H](Oc1ccc2c(c1)CCCC2)C(=O)N(C)Cc1ccc(OC)cc1. The Kier molecular flexibility index (Phi) is 6.38. The van der Waals surface area contributed by atoms with Gasteiger partial charge in [-0.15, -0.1) is 0 Å². The van der Waals surface area contributed by atoms with Gasteiger partial charge in [0.2, 0.25) is 0 Å². The van der Waals surface area contributed by atoms with Crippen LogP contribution < -0.4 is 9.47 Å². The fourth-order valence-electron chi connectivity index (χ4n) is 3.58. The molecule has 2 aromatic carbocycles. The summed E-state index contributed by atoms with van der Waals surface area (Å²) in [5, 5.41) is 0. The number of benzene rings is 2. The van der Waals surface area contributed by atoms with Gasteiger partial charge in [-0.05, 0) is 73.1 Å². The van der Waals surface area contributed by atoms with Crippen LogP contribution in [0, 0.1) is 0 Å². The van der Waals surface area contributed by atoms with Crippen molar-refractivity contribution in [2.24, 2.45) is 0 Å². The van der Waals surface area contributed by atoms with Gasteiger partial charge in [-0.25, -0.2) is 0 Å². The first-order chi connectivity index (χ1) is 13.1. The number of carbonyl (C=O) groups is 1. The molecule has 27 heavy (non-hydrogen) atoms. The van der Waals surface area contributed by atoms with Gasteiger partial charge in [0.15, 0.2) is 6.10 Å². The summed E-state index contributed by atoms with van der Waals surface area (Å²) >= 11 is 0. The number of likely N-dealkylation sites (N-methyl/N-ethyl adjacent to an activating group) is 1. The molecule has 4 heteroatoms. The smallest absolute Gasteiger partial charge is 0.263 e. The van der Waals surface area contributed by atoms with Gasteiger partial charge in [0.05, 0.1) is 7.11 Å². The van der Waals surface area contributed by atoms with E-state index in [2.05, 4.69) is 12.1 Å². The monoisotopic (exact) mass is 367 g/mol. The molecule has 0 spiro atoms. The van der Waals surface area contributed by atoms with Crippen LogP contribution in [0.3, 0.4) is 0 Å². The standard InChI is InChI=1S/C23H29NO3/c1-4-22(27-21-14-11-18-7-5-6-8-19(18)15-21)23(25)24(2)16-17-9-12-20(26-3)13-10-17/h9-15,22H,4-8,16H2,1-3H3/t22-/m0/s1. The van der Waals surface area contributed by atoms with Gasteiger partial charge in [0, 0.05) is 13.6 Å². The minimum absolute atomic E-state index is 0.00559. The second-order valence-electron chi connectivity index (χ2n) is 7.19. The second kappa shape index (κ2) is 8.94. The average Bonchev–Trinajstić information content (AvgIpc) is 2.72. The summed E-state index contributed by atoms with van der Waals surface area (Å²) in [5.74, 6) is 1.62. The fraction of sp³-hybridized carbons (Fsp3) is 0.435. The lowest BCUT2D eigenvalue weighted by Crippen LogP contribution is -2.39. The van der Waals surface area contributed by atoms with Crippen molar-refractivity contribution in [1.29, 1.82) is 0 Å². The maximum atomic E-state index is 12.9. The van der Waals surface area contributed by atoms with Gasteiger partial charge in [0.1, 0.15) is 11.5 Å². The predicted octanol–water partition coefficient (Wildman–Crippen LogP) is 4.39. The van der Waals surface area contributed by atoms with Crippen LogP contribution in [0.5, 0.6) is 11.5 Å². The Morgan fingerprint density at radius 1 is 1.04 bits per heavy atom. The van der Waals surface area contributed by atoms with E-state index in [1.807, 2.05) is 44.3 Å². The number of carbonyl (C=O) groups excluding carboxylic acids is 1. The van der Waals surface area contributed by atoms with Crippen molar-refractivity contribution in [3.05, 3.63) is 59.2 Å². The van der Waals surface area contributed by atoms with Crippen LogP contribution in [-0.2, 0) is 24.2 Å². The lowest BCUT2D eigenvalue weighted by Gasteiger charge is -2.25. The number of ether oxygens (including phenoxy) is 2. The van der Waals surface area contributed by atoms with Gasteiger partial charge in [0.25, 0.3) is 5.91 Å². The molecule has 1 aliphatic rings. The molecule has 0 saturated carbocycles. The molecule has 0 unspecified atom stereocenters. The Bertz CT molecular complexity index is 770. The van der Waals surface area contributed by atoms with Crippen molar-refractivity contribution in [2.75, 3.05) is 14.2 Å². The van der Waals surface area contributed by atoms with E-state index in [-0.39, 0.29) is 5.91 Å². The predicted molar refractivity (Wildman–Crippen MR) is 107 cm³/mol. The summed E-state index contributed by atoms with van der Waals surface area (Å²) in [4.78, 5) is 14.6. The van der Waals surface area contributed by atoms with Crippen molar-refractivity contribution in [2.45, 2.75) is 51.7 Å². The zero-order valence-corrected chi connectivity index (χ0v) is 16.5. The van der Waals surface area contributed by atoms with E-state index in [1.54, 1.807) is 12.0 Å². The van der Waals surface area contributed by atoms with E-state index in [9.17, 15) is 4.79 Å². The average molecular weight is 367 g/mol. The van der Waals surface area contributed by atoms with Crippen molar-refractivity contribution in [3.8, 4) is 11.5 Å². The molecule has 0 heterocycles. The Morgan fingerprint density at radius 3 is 2.37 bits per heavy atom. The summed E-state index contributed by atoms with van der Waals surface area (Å²) < 4.78 is 11.3. The number of aryl methyl sites for hydroxylation is 2. The van der Waals surface area contributed by atoms with Crippen molar-refractivity contribution < 1.29 is 14.3 Å². The molecule has 144 valence electrons. The van der Waals surface area contributed by atoms with Crippen LogP contribution in [-0.4, -0.2) is 31.1 Å². The molecule has 4 nitrogen and oxygen atoms in total. The zero-order valence-electron chi connectivity index (χ0n) is 16.5. The van der Waals surface area contributed by atoms with Gasteiger partial charge < -0.3 is 14.4 Å². The number of nitrogens with zero attached hydrogens (tertiary/aromatic N) is 1. The normalized spacial score (nSPS) is 14.2.